The minimum atomic E-state index is -0.278. The molecular weight excluding hydrogens is 370 g/mol. The maximum absolute atomic E-state index is 12.6. The highest BCUT2D eigenvalue weighted by Crippen LogP contribution is 2.20. The number of rotatable bonds is 4. The van der Waals surface area contributed by atoms with Crippen molar-refractivity contribution in [3.63, 3.8) is 0 Å². The van der Waals surface area contributed by atoms with Gasteiger partial charge in [0.2, 0.25) is 11.8 Å². The van der Waals surface area contributed by atoms with Gasteiger partial charge in [-0.2, -0.15) is 5.10 Å². The van der Waals surface area contributed by atoms with E-state index >= 15 is 0 Å². The van der Waals surface area contributed by atoms with Crippen LogP contribution in [0, 0.1) is 6.92 Å². The van der Waals surface area contributed by atoms with E-state index in [1.165, 1.54) is 5.01 Å². The van der Waals surface area contributed by atoms with Crippen LogP contribution in [0.2, 0.25) is 0 Å². The summed E-state index contributed by atoms with van der Waals surface area (Å²) in [4.78, 5) is 36.1. The number of aryl methyl sites for hydroxylation is 1. The van der Waals surface area contributed by atoms with Gasteiger partial charge in [0.1, 0.15) is 0 Å². The third-order valence-corrected chi connectivity index (χ3v) is 4.62. The van der Waals surface area contributed by atoms with Crippen LogP contribution >= 0.6 is 0 Å². The van der Waals surface area contributed by atoms with Gasteiger partial charge in [0.25, 0.3) is 5.91 Å². The molecule has 0 bridgehead atoms. The first-order valence-electron chi connectivity index (χ1n) is 9.16. The zero-order chi connectivity index (χ0) is 20.4. The number of carbonyl (C=O) groups excluding carboxylic acids is 3. The molecular formula is C21H19N5O3. The second-order valence-corrected chi connectivity index (χ2v) is 6.70. The molecule has 2 N–H and O–H groups in total. The van der Waals surface area contributed by atoms with Crippen molar-refractivity contribution in [3.8, 4) is 5.69 Å². The van der Waals surface area contributed by atoms with Crippen LogP contribution in [0.4, 0.5) is 11.4 Å². The van der Waals surface area contributed by atoms with Gasteiger partial charge in [0.15, 0.2) is 0 Å². The maximum Gasteiger partial charge on any atom is 0.255 e. The normalized spacial score (nSPS) is 13.9. The van der Waals surface area contributed by atoms with E-state index < -0.39 is 0 Å². The fourth-order valence-electron chi connectivity index (χ4n) is 3.10. The Morgan fingerprint density at radius 1 is 1.03 bits per heavy atom. The van der Waals surface area contributed by atoms with Crippen LogP contribution in [-0.2, 0) is 9.59 Å². The SMILES string of the molecule is Cc1ccnn1-c1cccc(NC(=O)c2ccc(N3NC(=O)CCC3=O)cc2)c1. The molecule has 2 aromatic carbocycles. The van der Waals surface area contributed by atoms with Gasteiger partial charge in [-0.1, -0.05) is 6.07 Å². The quantitative estimate of drug-likeness (QED) is 0.717. The summed E-state index contributed by atoms with van der Waals surface area (Å²) in [6, 6.07) is 15.8. The molecule has 0 aliphatic carbocycles. The molecule has 8 heteroatoms. The monoisotopic (exact) mass is 389 g/mol. The highest BCUT2D eigenvalue weighted by molar-refractivity contribution is 6.05. The fraction of sp³-hybridized carbons (Fsp3) is 0.143. The van der Waals surface area contributed by atoms with Gasteiger partial charge >= 0.3 is 0 Å². The summed E-state index contributed by atoms with van der Waals surface area (Å²) in [5.74, 6) is -0.675. The van der Waals surface area contributed by atoms with Crippen LogP contribution in [0.25, 0.3) is 5.69 Å². The lowest BCUT2D eigenvalue weighted by Crippen LogP contribution is -2.50. The molecule has 0 saturated carbocycles. The minimum absolute atomic E-state index is 0.167. The molecule has 3 amide bonds. The highest BCUT2D eigenvalue weighted by Gasteiger charge is 2.24. The standard InChI is InChI=1S/C21H19N5O3/c1-14-11-12-22-25(14)18-4-2-3-16(13-18)23-21(29)15-5-7-17(8-6-15)26-20(28)10-9-19(27)24-26/h2-8,11-13H,9-10H2,1H3,(H,23,29)(H,24,27). The Balaban J connectivity index is 1.49. The first kappa shape index (κ1) is 18.4. The van der Waals surface area contributed by atoms with Gasteiger partial charge in [-0.25, -0.2) is 9.69 Å². The molecule has 0 unspecified atom stereocenters. The molecule has 1 aliphatic heterocycles. The zero-order valence-corrected chi connectivity index (χ0v) is 15.8. The third kappa shape index (κ3) is 3.86. The Morgan fingerprint density at radius 3 is 2.55 bits per heavy atom. The van der Waals surface area contributed by atoms with E-state index in [2.05, 4.69) is 15.8 Å². The number of benzene rings is 2. The third-order valence-electron chi connectivity index (χ3n) is 4.62. The van der Waals surface area contributed by atoms with Gasteiger partial charge in [0.05, 0.1) is 11.4 Å². The molecule has 2 heterocycles. The summed E-state index contributed by atoms with van der Waals surface area (Å²) in [6.07, 6.45) is 2.07. The Labute approximate surface area is 167 Å². The van der Waals surface area contributed by atoms with Gasteiger partial charge in [-0.05, 0) is 55.5 Å². The lowest BCUT2D eigenvalue weighted by atomic mass is 10.1. The van der Waals surface area contributed by atoms with E-state index in [-0.39, 0.29) is 30.6 Å². The second-order valence-electron chi connectivity index (χ2n) is 6.70. The van der Waals surface area contributed by atoms with Crippen molar-refractivity contribution in [1.82, 2.24) is 15.2 Å². The zero-order valence-electron chi connectivity index (χ0n) is 15.8. The van der Waals surface area contributed by atoms with Gasteiger partial charge in [-0.15, -0.1) is 0 Å². The van der Waals surface area contributed by atoms with Crippen molar-refractivity contribution < 1.29 is 14.4 Å². The topological polar surface area (TPSA) is 96.3 Å². The number of nitrogens with one attached hydrogen (secondary N) is 2. The average molecular weight is 389 g/mol. The maximum atomic E-state index is 12.6. The van der Waals surface area contributed by atoms with Crippen molar-refractivity contribution in [1.29, 1.82) is 0 Å². The largest absolute Gasteiger partial charge is 0.322 e. The molecule has 8 nitrogen and oxygen atoms in total. The van der Waals surface area contributed by atoms with E-state index in [0.717, 1.165) is 11.4 Å². The predicted molar refractivity (Wildman–Crippen MR) is 108 cm³/mol. The number of carbonyl (C=O) groups is 3. The van der Waals surface area contributed by atoms with Gasteiger partial charge < -0.3 is 5.32 Å². The number of anilines is 2. The highest BCUT2D eigenvalue weighted by atomic mass is 16.2. The van der Waals surface area contributed by atoms with Crippen molar-refractivity contribution in [3.05, 3.63) is 72.1 Å². The van der Waals surface area contributed by atoms with E-state index in [1.807, 2.05) is 31.2 Å². The van der Waals surface area contributed by atoms with E-state index in [4.69, 9.17) is 0 Å². The minimum Gasteiger partial charge on any atom is -0.322 e. The molecule has 1 saturated heterocycles. The predicted octanol–water partition coefficient (Wildman–Crippen LogP) is 2.59. The Hall–Kier alpha value is -3.94. The molecule has 0 radical (unpaired) electrons. The summed E-state index contributed by atoms with van der Waals surface area (Å²) in [7, 11) is 0. The first-order valence-corrected chi connectivity index (χ1v) is 9.16. The summed E-state index contributed by atoms with van der Waals surface area (Å²) in [5, 5.41) is 8.35. The summed E-state index contributed by atoms with van der Waals surface area (Å²) in [5.41, 5.74) is 5.96. The van der Waals surface area contributed by atoms with Crippen LogP contribution in [0.1, 0.15) is 28.9 Å². The molecule has 3 aromatic rings. The van der Waals surface area contributed by atoms with Crippen LogP contribution < -0.4 is 15.8 Å². The molecule has 1 aliphatic rings. The lowest BCUT2D eigenvalue weighted by molar-refractivity contribution is -0.130. The number of hydrogen-bond acceptors (Lipinski definition) is 4. The van der Waals surface area contributed by atoms with Crippen LogP contribution in [0.5, 0.6) is 0 Å². The van der Waals surface area contributed by atoms with Crippen molar-refractivity contribution in [2.45, 2.75) is 19.8 Å². The average Bonchev–Trinajstić information content (AvgIpc) is 3.16. The molecule has 4 rings (SSSR count). The number of hydrogen-bond donors (Lipinski definition) is 2. The number of hydrazine groups is 1. The Morgan fingerprint density at radius 2 is 1.83 bits per heavy atom. The van der Waals surface area contributed by atoms with E-state index in [1.54, 1.807) is 41.2 Å². The van der Waals surface area contributed by atoms with Crippen molar-refractivity contribution in [2.24, 2.45) is 0 Å². The number of aromatic nitrogens is 2. The van der Waals surface area contributed by atoms with Crippen molar-refractivity contribution >= 4 is 29.1 Å². The summed E-state index contributed by atoms with van der Waals surface area (Å²) in [6.45, 7) is 1.95. The summed E-state index contributed by atoms with van der Waals surface area (Å²) < 4.78 is 1.79. The number of amides is 3. The smallest absolute Gasteiger partial charge is 0.255 e. The van der Waals surface area contributed by atoms with Gasteiger partial charge in [-0.3, -0.25) is 19.8 Å². The molecule has 1 fully saturated rings. The van der Waals surface area contributed by atoms with E-state index in [9.17, 15) is 14.4 Å². The molecule has 0 atom stereocenters. The fourth-order valence-corrected chi connectivity index (χ4v) is 3.10. The van der Waals surface area contributed by atoms with Crippen LogP contribution in [-0.4, -0.2) is 27.5 Å². The Bertz CT molecular complexity index is 1090. The number of nitrogens with zero attached hydrogens (tertiary/aromatic N) is 3. The lowest BCUT2D eigenvalue weighted by Gasteiger charge is -2.27. The van der Waals surface area contributed by atoms with Crippen LogP contribution in [0.3, 0.4) is 0 Å². The molecule has 146 valence electrons. The second kappa shape index (κ2) is 7.59. The molecule has 1 aromatic heterocycles. The summed E-state index contributed by atoms with van der Waals surface area (Å²) >= 11 is 0. The molecule has 0 spiro atoms. The van der Waals surface area contributed by atoms with Crippen molar-refractivity contribution in [2.75, 3.05) is 10.3 Å². The first-order chi connectivity index (χ1) is 14.0. The van der Waals surface area contributed by atoms with E-state index in [0.29, 0.717) is 16.9 Å². The Kier molecular flexibility index (Phi) is 4.82. The molecule has 29 heavy (non-hydrogen) atoms. The van der Waals surface area contributed by atoms with Crippen LogP contribution in [0.15, 0.2) is 60.8 Å². The van der Waals surface area contributed by atoms with Gasteiger partial charge in [0, 0.05) is 36.0 Å².